The zero-order valence-electron chi connectivity index (χ0n) is 14.4. The molecule has 0 unspecified atom stereocenters. The largest absolute Gasteiger partial charge is 0.368 e. The quantitative estimate of drug-likeness (QED) is 0.859. The van der Waals surface area contributed by atoms with Crippen LogP contribution >= 0.6 is 0 Å². The summed E-state index contributed by atoms with van der Waals surface area (Å²) in [7, 11) is 0. The van der Waals surface area contributed by atoms with E-state index >= 15 is 0 Å². The van der Waals surface area contributed by atoms with Gasteiger partial charge in [0.05, 0.1) is 0 Å². The minimum atomic E-state index is 0.110. The van der Waals surface area contributed by atoms with Crippen LogP contribution in [0.4, 0.5) is 5.69 Å². The summed E-state index contributed by atoms with van der Waals surface area (Å²) in [5, 5.41) is 6.44. The molecule has 1 aromatic carbocycles. The second-order valence-corrected chi connectivity index (χ2v) is 6.30. The number of hydrogen-bond acceptors (Lipinski definition) is 4. The summed E-state index contributed by atoms with van der Waals surface area (Å²) in [5.74, 6) is 0.385. The highest BCUT2D eigenvalue weighted by Crippen LogP contribution is 2.16. The van der Waals surface area contributed by atoms with E-state index in [1.165, 1.54) is 5.69 Å². The Hall–Kier alpha value is -1.59. The SMILES string of the molecule is C1CNCCN1.CC(C)C(=O)N1CCN(c2ccccc2)CC1. The van der Waals surface area contributed by atoms with Gasteiger partial charge in [0.25, 0.3) is 0 Å². The van der Waals surface area contributed by atoms with E-state index in [2.05, 4.69) is 39.8 Å². The van der Waals surface area contributed by atoms with Crippen molar-refractivity contribution < 1.29 is 4.79 Å². The van der Waals surface area contributed by atoms with Gasteiger partial charge in [-0.2, -0.15) is 0 Å². The third-order valence-electron chi connectivity index (χ3n) is 4.16. The van der Waals surface area contributed by atoms with E-state index < -0.39 is 0 Å². The van der Waals surface area contributed by atoms with Crippen LogP contribution in [-0.2, 0) is 4.79 Å². The summed E-state index contributed by atoms with van der Waals surface area (Å²) in [6.07, 6.45) is 0. The minimum absolute atomic E-state index is 0.110. The number of para-hydroxylation sites is 1. The standard InChI is InChI=1S/C14H20N2O.C4H10N2/c1-12(2)14(17)16-10-8-15(9-11-16)13-6-4-3-5-7-13;1-2-6-4-3-5-1/h3-7,12H,8-11H2,1-2H3;5-6H,1-4H2. The molecule has 3 rings (SSSR count). The van der Waals surface area contributed by atoms with Crippen LogP contribution in [0.15, 0.2) is 30.3 Å². The number of hydrogen-bond donors (Lipinski definition) is 2. The molecule has 2 fully saturated rings. The molecular weight excluding hydrogens is 288 g/mol. The van der Waals surface area contributed by atoms with Gasteiger partial charge in [-0.25, -0.2) is 0 Å². The van der Waals surface area contributed by atoms with Gasteiger partial charge in [-0.3, -0.25) is 4.79 Å². The number of carbonyl (C=O) groups excluding carboxylic acids is 1. The predicted octanol–water partition coefficient (Wildman–Crippen LogP) is 1.17. The zero-order valence-corrected chi connectivity index (χ0v) is 14.4. The number of nitrogens with zero attached hydrogens (tertiary/aromatic N) is 2. The lowest BCUT2D eigenvalue weighted by atomic mass is 10.1. The van der Waals surface area contributed by atoms with Crippen molar-refractivity contribution in [2.75, 3.05) is 57.3 Å². The highest BCUT2D eigenvalue weighted by Gasteiger charge is 2.22. The minimum Gasteiger partial charge on any atom is -0.368 e. The normalized spacial score (nSPS) is 18.4. The average Bonchev–Trinajstić information content (AvgIpc) is 2.64. The molecule has 2 heterocycles. The van der Waals surface area contributed by atoms with Crippen LogP contribution < -0.4 is 15.5 Å². The molecule has 1 amide bonds. The molecule has 0 bridgehead atoms. The van der Waals surface area contributed by atoms with Crippen molar-refractivity contribution in [3.8, 4) is 0 Å². The fourth-order valence-electron chi connectivity index (χ4n) is 2.79. The van der Waals surface area contributed by atoms with Crippen LogP contribution in [0.2, 0.25) is 0 Å². The van der Waals surface area contributed by atoms with Gasteiger partial charge in [0, 0.05) is 64.0 Å². The fourth-order valence-corrected chi connectivity index (χ4v) is 2.79. The van der Waals surface area contributed by atoms with Gasteiger partial charge in [-0.05, 0) is 12.1 Å². The molecule has 1 aromatic rings. The number of carbonyl (C=O) groups is 1. The van der Waals surface area contributed by atoms with Crippen molar-refractivity contribution in [2.45, 2.75) is 13.8 Å². The van der Waals surface area contributed by atoms with Crippen molar-refractivity contribution >= 4 is 11.6 Å². The summed E-state index contributed by atoms with van der Waals surface area (Å²) in [5.41, 5.74) is 1.25. The highest BCUT2D eigenvalue weighted by atomic mass is 16.2. The van der Waals surface area contributed by atoms with E-state index in [1.54, 1.807) is 0 Å². The predicted molar refractivity (Wildman–Crippen MR) is 95.8 cm³/mol. The maximum absolute atomic E-state index is 11.8. The lowest BCUT2D eigenvalue weighted by Gasteiger charge is -2.36. The molecule has 0 radical (unpaired) electrons. The summed E-state index contributed by atoms with van der Waals surface area (Å²) >= 11 is 0. The summed E-state index contributed by atoms with van der Waals surface area (Å²) in [6, 6.07) is 10.4. The van der Waals surface area contributed by atoms with E-state index in [4.69, 9.17) is 0 Å². The molecule has 2 aliphatic rings. The Bertz CT molecular complexity index is 440. The van der Waals surface area contributed by atoms with Gasteiger partial charge in [-0.1, -0.05) is 32.0 Å². The Labute approximate surface area is 140 Å². The van der Waals surface area contributed by atoms with Crippen molar-refractivity contribution in [1.29, 1.82) is 0 Å². The molecule has 5 nitrogen and oxygen atoms in total. The lowest BCUT2D eigenvalue weighted by Crippen LogP contribution is -2.49. The van der Waals surface area contributed by atoms with E-state index in [1.807, 2.05) is 24.8 Å². The molecule has 5 heteroatoms. The number of rotatable bonds is 2. The van der Waals surface area contributed by atoms with Crippen LogP contribution in [0.3, 0.4) is 0 Å². The van der Waals surface area contributed by atoms with Crippen molar-refractivity contribution in [2.24, 2.45) is 5.92 Å². The molecule has 2 aliphatic heterocycles. The Kier molecular flexibility index (Phi) is 7.36. The smallest absolute Gasteiger partial charge is 0.225 e. The first-order chi connectivity index (χ1) is 11.2. The van der Waals surface area contributed by atoms with Gasteiger partial charge in [0.2, 0.25) is 5.91 Å². The third kappa shape index (κ3) is 5.84. The molecule has 0 spiro atoms. The first-order valence-corrected chi connectivity index (χ1v) is 8.68. The molecule has 0 atom stereocenters. The molecule has 128 valence electrons. The first kappa shape index (κ1) is 17.8. The molecule has 2 saturated heterocycles. The number of benzene rings is 1. The summed E-state index contributed by atoms with van der Waals surface area (Å²) in [4.78, 5) is 16.2. The van der Waals surface area contributed by atoms with Crippen LogP contribution in [-0.4, -0.2) is 63.2 Å². The highest BCUT2D eigenvalue weighted by molar-refractivity contribution is 5.78. The summed E-state index contributed by atoms with van der Waals surface area (Å²) in [6.45, 7) is 12.0. The van der Waals surface area contributed by atoms with Gasteiger partial charge < -0.3 is 20.4 Å². The van der Waals surface area contributed by atoms with Crippen LogP contribution in [0.1, 0.15) is 13.8 Å². The van der Waals surface area contributed by atoms with Gasteiger partial charge in [0.15, 0.2) is 0 Å². The number of amides is 1. The van der Waals surface area contributed by atoms with Crippen molar-refractivity contribution in [3.05, 3.63) is 30.3 Å². The van der Waals surface area contributed by atoms with Gasteiger partial charge in [-0.15, -0.1) is 0 Å². The molecule has 0 aliphatic carbocycles. The van der Waals surface area contributed by atoms with Crippen LogP contribution in [0.25, 0.3) is 0 Å². The molecule has 0 aromatic heterocycles. The van der Waals surface area contributed by atoms with E-state index in [-0.39, 0.29) is 11.8 Å². The molecule has 2 N–H and O–H groups in total. The van der Waals surface area contributed by atoms with E-state index in [9.17, 15) is 4.79 Å². The average molecular weight is 318 g/mol. The van der Waals surface area contributed by atoms with Crippen LogP contribution in [0, 0.1) is 5.92 Å². The van der Waals surface area contributed by atoms with Crippen molar-refractivity contribution in [1.82, 2.24) is 15.5 Å². The maximum atomic E-state index is 11.8. The lowest BCUT2D eigenvalue weighted by molar-refractivity contribution is -0.134. The second-order valence-electron chi connectivity index (χ2n) is 6.30. The maximum Gasteiger partial charge on any atom is 0.225 e. The Morgan fingerprint density at radius 3 is 1.87 bits per heavy atom. The summed E-state index contributed by atoms with van der Waals surface area (Å²) < 4.78 is 0. The molecule has 0 saturated carbocycles. The monoisotopic (exact) mass is 318 g/mol. The fraction of sp³-hybridized carbons (Fsp3) is 0.611. The van der Waals surface area contributed by atoms with E-state index in [0.29, 0.717) is 0 Å². The second kappa shape index (κ2) is 9.53. The molecule has 23 heavy (non-hydrogen) atoms. The topological polar surface area (TPSA) is 47.6 Å². The molecular formula is C18H30N4O. The Morgan fingerprint density at radius 2 is 1.43 bits per heavy atom. The number of piperazine rings is 2. The Balaban J connectivity index is 0.000000268. The zero-order chi connectivity index (χ0) is 16.5. The van der Waals surface area contributed by atoms with Gasteiger partial charge >= 0.3 is 0 Å². The van der Waals surface area contributed by atoms with Gasteiger partial charge in [0.1, 0.15) is 0 Å². The first-order valence-electron chi connectivity index (χ1n) is 8.68. The number of anilines is 1. The Morgan fingerprint density at radius 1 is 0.913 bits per heavy atom. The van der Waals surface area contributed by atoms with E-state index in [0.717, 1.165) is 52.4 Å². The number of nitrogens with one attached hydrogen (secondary N) is 2. The van der Waals surface area contributed by atoms with Crippen molar-refractivity contribution in [3.63, 3.8) is 0 Å². The third-order valence-corrected chi connectivity index (χ3v) is 4.16. The van der Waals surface area contributed by atoms with Crippen LogP contribution in [0.5, 0.6) is 0 Å².